The Balaban J connectivity index is 1.99. The number of nitrogens with zero attached hydrogens (tertiary/aromatic N) is 5. The first-order valence-corrected chi connectivity index (χ1v) is 7.90. The summed E-state index contributed by atoms with van der Waals surface area (Å²) >= 11 is 0.982. The van der Waals surface area contributed by atoms with Crippen LogP contribution in [0, 0.1) is 6.92 Å². The minimum atomic E-state index is -1.19. The van der Waals surface area contributed by atoms with Gasteiger partial charge in [-0.25, -0.2) is 0 Å². The van der Waals surface area contributed by atoms with Crippen molar-refractivity contribution < 1.29 is 14.3 Å². The van der Waals surface area contributed by atoms with Crippen LogP contribution in [0.3, 0.4) is 0 Å². The van der Waals surface area contributed by atoms with E-state index >= 15 is 0 Å². The largest absolute Gasteiger partial charge is 0.549 e. The van der Waals surface area contributed by atoms with Gasteiger partial charge in [0.1, 0.15) is 5.76 Å². The molecule has 0 atom stereocenters. The molecular weight excluding hydrogens is 330 g/mol. The maximum Gasteiger partial charge on any atom is 0.212 e. The van der Waals surface area contributed by atoms with Crippen molar-refractivity contribution in [3.63, 3.8) is 0 Å². The number of furan rings is 1. The summed E-state index contributed by atoms with van der Waals surface area (Å²) in [6.45, 7) is 1.80. The molecule has 0 aliphatic heterocycles. The van der Waals surface area contributed by atoms with Gasteiger partial charge < -0.3 is 14.3 Å². The van der Waals surface area contributed by atoms with Crippen LogP contribution < -0.4 is 5.11 Å². The van der Waals surface area contributed by atoms with Gasteiger partial charge in [-0.05, 0) is 19.1 Å². The molecule has 0 saturated carbocycles. The number of carboxylic acids is 1. The van der Waals surface area contributed by atoms with Crippen LogP contribution in [0.1, 0.15) is 11.3 Å². The molecule has 3 rings (SSSR count). The molecule has 0 aliphatic rings. The summed E-state index contributed by atoms with van der Waals surface area (Å²) in [5.74, 6) is -0.309. The van der Waals surface area contributed by atoms with Crippen LogP contribution in [-0.4, -0.2) is 37.8 Å². The molecule has 0 saturated heterocycles. The van der Waals surface area contributed by atoms with Crippen LogP contribution in [0.5, 0.6) is 0 Å². The number of carboxylic acid groups (broad SMARTS) is 1. The quantitative estimate of drug-likeness (QED) is 0.485. The van der Waals surface area contributed by atoms with Gasteiger partial charge in [-0.3, -0.25) is 4.98 Å². The Kier molecular flexibility index (Phi) is 4.71. The van der Waals surface area contributed by atoms with Crippen molar-refractivity contribution in [1.82, 2.24) is 19.9 Å². The standard InChI is InChI=1S/C15H13N5O3S/c1-10-12(4-6-23-10)14-18-19-15(24-9-13(21)22)20(14)17-8-11-3-2-5-16-7-11/h2-8H,9H2,1H3,(H,21,22)/p-1/b17-8-. The van der Waals surface area contributed by atoms with Crippen molar-refractivity contribution in [2.75, 3.05) is 5.75 Å². The number of thioether (sulfide) groups is 1. The minimum Gasteiger partial charge on any atom is -0.549 e. The highest BCUT2D eigenvalue weighted by Gasteiger charge is 2.17. The predicted octanol–water partition coefficient (Wildman–Crippen LogP) is 0.966. The molecule has 3 aromatic heterocycles. The fraction of sp³-hybridized carbons (Fsp3) is 0.133. The van der Waals surface area contributed by atoms with Gasteiger partial charge in [0.05, 0.1) is 24.0 Å². The molecule has 0 fully saturated rings. The Morgan fingerprint density at radius 1 is 1.46 bits per heavy atom. The van der Waals surface area contributed by atoms with Gasteiger partial charge in [0.25, 0.3) is 0 Å². The van der Waals surface area contributed by atoms with Gasteiger partial charge in [-0.15, -0.1) is 10.2 Å². The van der Waals surface area contributed by atoms with Gasteiger partial charge >= 0.3 is 0 Å². The monoisotopic (exact) mass is 342 g/mol. The van der Waals surface area contributed by atoms with Crippen LogP contribution in [-0.2, 0) is 4.79 Å². The zero-order chi connectivity index (χ0) is 16.9. The molecule has 9 heteroatoms. The van der Waals surface area contributed by atoms with Gasteiger partial charge in [-0.2, -0.15) is 9.78 Å². The first kappa shape index (κ1) is 15.9. The lowest BCUT2D eigenvalue weighted by Crippen LogP contribution is -2.24. The topological polar surface area (TPSA) is 109 Å². The third-order valence-electron chi connectivity index (χ3n) is 3.04. The normalized spacial score (nSPS) is 11.2. The first-order chi connectivity index (χ1) is 11.6. The van der Waals surface area contributed by atoms with E-state index in [4.69, 9.17) is 4.42 Å². The number of aromatic nitrogens is 4. The van der Waals surface area contributed by atoms with E-state index in [1.807, 2.05) is 6.07 Å². The molecule has 0 radical (unpaired) electrons. The number of carbonyl (C=O) groups is 1. The molecule has 0 N–H and O–H groups in total. The molecule has 0 aliphatic carbocycles. The molecule has 122 valence electrons. The van der Waals surface area contributed by atoms with E-state index in [2.05, 4.69) is 20.3 Å². The van der Waals surface area contributed by atoms with E-state index < -0.39 is 5.97 Å². The maximum absolute atomic E-state index is 10.7. The van der Waals surface area contributed by atoms with Crippen LogP contribution >= 0.6 is 11.8 Å². The van der Waals surface area contributed by atoms with Gasteiger partial charge in [0, 0.05) is 23.7 Å². The Morgan fingerprint density at radius 2 is 2.33 bits per heavy atom. The number of aryl methyl sites for hydroxylation is 1. The molecule has 8 nitrogen and oxygen atoms in total. The Labute approximate surface area is 141 Å². The lowest BCUT2D eigenvalue weighted by molar-refractivity contribution is -0.301. The van der Waals surface area contributed by atoms with Crippen LogP contribution in [0.15, 0.2) is 51.5 Å². The van der Waals surface area contributed by atoms with Crippen LogP contribution in [0.4, 0.5) is 0 Å². The van der Waals surface area contributed by atoms with Gasteiger partial charge in [0.2, 0.25) is 5.16 Å². The number of pyridine rings is 1. The first-order valence-electron chi connectivity index (χ1n) is 6.92. The molecule has 0 bridgehead atoms. The maximum atomic E-state index is 10.7. The lowest BCUT2D eigenvalue weighted by atomic mass is 10.2. The van der Waals surface area contributed by atoms with Crippen molar-refractivity contribution in [3.05, 3.63) is 48.2 Å². The fourth-order valence-corrected chi connectivity index (χ4v) is 2.55. The van der Waals surface area contributed by atoms with E-state index in [0.717, 1.165) is 22.9 Å². The number of aliphatic carboxylic acids is 1. The molecule has 0 aromatic carbocycles. The highest BCUT2D eigenvalue weighted by atomic mass is 32.2. The molecule has 24 heavy (non-hydrogen) atoms. The second kappa shape index (κ2) is 7.09. The van der Waals surface area contributed by atoms with Crippen molar-refractivity contribution >= 4 is 23.9 Å². The lowest BCUT2D eigenvalue weighted by Gasteiger charge is -2.04. The van der Waals surface area contributed by atoms with Crippen molar-refractivity contribution in [1.29, 1.82) is 0 Å². The third-order valence-corrected chi connectivity index (χ3v) is 3.93. The summed E-state index contributed by atoms with van der Waals surface area (Å²) in [6, 6.07) is 5.39. The zero-order valence-electron chi connectivity index (χ0n) is 12.6. The van der Waals surface area contributed by atoms with Gasteiger partial charge in [-0.1, -0.05) is 17.8 Å². The Bertz CT molecular complexity index is 872. The summed E-state index contributed by atoms with van der Waals surface area (Å²) in [5, 5.41) is 23.5. The highest BCUT2D eigenvalue weighted by Crippen LogP contribution is 2.26. The third kappa shape index (κ3) is 3.51. The molecule has 0 unspecified atom stereocenters. The van der Waals surface area contributed by atoms with E-state index in [9.17, 15) is 9.90 Å². The minimum absolute atomic E-state index is 0.245. The molecule has 3 aromatic rings. The summed E-state index contributed by atoms with van der Waals surface area (Å²) < 4.78 is 6.76. The van der Waals surface area contributed by atoms with E-state index in [1.54, 1.807) is 43.9 Å². The number of hydrogen-bond acceptors (Lipinski definition) is 8. The molecular formula is C15H12N5O3S-. The summed E-state index contributed by atoms with van der Waals surface area (Å²) in [5.41, 5.74) is 1.52. The summed E-state index contributed by atoms with van der Waals surface area (Å²) in [4.78, 5) is 14.7. The highest BCUT2D eigenvalue weighted by molar-refractivity contribution is 7.99. The fourth-order valence-electron chi connectivity index (χ4n) is 1.94. The molecule has 0 amide bonds. The summed E-state index contributed by atoms with van der Waals surface area (Å²) in [6.07, 6.45) is 6.46. The van der Waals surface area contributed by atoms with Crippen LogP contribution in [0.2, 0.25) is 0 Å². The van der Waals surface area contributed by atoms with E-state index in [-0.39, 0.29) is 5.75 Å². The van der Waals surface area contributed by atoms with Crippen molar-refractivity contribution in [2.45, 2.75) is 12.1 Å². The second-order valence-corrected chi connectivity index (χ2v) is 5.64. The average molecular weight is 342 g/mol. The average Bonchev–Trinajstić information content (AvgIpc) is 3.17. The number of carbonyl (C=O) groups excluding carboxylic acids is 1. The van der Waals surface area contributed by atoms with Crippen molar-refractivity contribution in [3.8, 4) is 11.4 Å². The SMILES string of the molecule is Cc1occc1-c1nnc(SCC(=O)[O-])n1/N=C\c1cccnc1. The summed E-state index contributed by atoms with van der Waals surface area (Å²) in [7, 11) is 0. The smallest absolute Gasteiger partial charge is 0.212 e. The van der Waals surface area contributed by atoms with Crippen molar-refractivity contribution in [2.24, 2.45) is 5.10 Å². The Morgan fingerprint density at radius 3 is 3.00 bits per heavy atom. The number of rotatable bonds is 6. The number of hydrogen-bond donors (Lipinski definition) is 0. The Hall–Kier alpha value is -2.94. The molecule has 0 spiro atoms. The second-order valence-electron chi connectivity index (χ2n) is 4.70. The van der Waals surface area contributed by atoms with Gasteiger partial charge in [0.15, 0.2) is 5.82 Å². The van der Waals surface area contributed by atoms with E-state index in [0.29, 0.717) is 16.7 Å². The predicted molar refractivity (Wildman–Crippen MR) is 85.4 cm³/mol. The zero-order valence-corrected chi connectivity index (χ0v) is 13.4. The van der Waals surface area contributed by atoms with Crippen LogP contribution in [0.25, 0.3) is 11.4 Å². The molecule has 3 heterocycles. The van der Waals surface area contributed by atoms with E-state index in [1.165, 1.54) is 4.68 Å².